The minimum atomic E-state index is -0.0891. The number of carbonyl (C=O) groups is 1. The number of nitrogens with one attached hydrogen (secondary N) is 1. The van der Waals surface area contributed by atoms with Crippen molar-refractivity contribution >= 4 is 22.9 Å². The van der Waals surface area contributed by atoms with E-state index in [1.807, 2.05) is 35.9 Å². The van der Waals surface area contributed by atoms with E-state index in [1.165, 1.54) is 0 Å². The zero-order valence-corrected chi connectivity index (χ0v) is 11.3. The first-order valence-corrected chi connectivity index (χ1v) is 6.74. The largest absolute Gasteiger partial charge is 0.397 e. The number of nitrogens with zero attached hydrogens (tertiary/aromatic N) is 1. The molecule has 0 atom stereocenters. The third-order valence-corrected chi connectivity index (χ3v) is 3.54. The van der Waals surface area contributed by atoms with Crippen LogP contribution in [-0.2, 0) is 6.54 Å². The van der Waals surface area contributed by atoms with Gasteiger partial charge in [0, 0.05) is 17.1 Å². The monoisotopic (exact) mass is 263 g/mol. The lowest BCUT2D eigenvalue weighted by atomic mass is 10.3. The van der Waals surface area contributed by atoms with Gasteiger partial charge in [0.25, 0.3) is 5.91 Å². The first kappa shape index (κ1) is 12.7. The lowest BCUT2D eigenvalue weighted by molar-refractivity contribution is 0.0940. The van der Waals surface area contributed by atoms with Gasteiger partial charge in [0.1, 0.15) is 5.69 Å². The summed E-state index contributed by atoms with van der Waals surface area (Å²) < 4.78 is 1.89. The van der Waals surface area contributed by atoms with E-state index in [0.717, 1.165) is 4.88 Å². The summed E-state index contributed by atoms with van der Waals surface area (Å²) in [5.41, 5.74) is 6.97. The number of nitrogen functional groups attached to an aromatic ring is 1. The van der Waals surface area contributed by atoms with Crippen LogP contribution in [0.2, 0.25) is 0 Å². The number of anilines is 1. The highest BCUT2D eigenvalue weighted by atomic mass is 32.1. The molecular weight excluding hydrogens is 246 g/mol. The number of thiophene rings is 1. The SMILES string of the molecule is CC(C)n1cc(N)cc1C(=O)NCc1cccs1. The minimum Gasteiger partial charge on any atom is -0.397 e. The predicted molar refractivity (Wildman–Crippen MR) is 74.7 cm³/mol. The van der Waals surface area contributed by atoms with Crippen molar-refractivity contribution in [3.63, 3.8) is 0 Å². The Balaban J connectivity index is 2.09. The summed E-state index contributed by atoms with van der Waals surface area (Å²) in [5, 5.41) is 4.90. The first-order valence-electron chi connectivity index (χ1n) is 5.86. The van der Waals surface area contributed by atoms with Gasteiger partial charge in [-0.2, -0.15) is 0 Å². The highest BCUT2D eigenvalue weighted by molar-refractivity contribution is 7.09. The average molecular weight is 263 g/mol. The molecular formula is C13H17N3OS. The Kier molecular flexibility index (Phi) is 3.72. The Morgan fingerprint density at radius 1 is 1.56 bits per heavy atom. The second-order valence-corrected chi connectivity index (χ2v) is 5.45. The van der Waals surface area contributed by atoms with Crippen molar-refractivity contribution in [2.45, 2.75) is 26.4 Å². The molecule has 0 aliphatic heterocycles. The van der Waals surface area contributed by atoms with Crippen molar-refractivity contribution in [2.24, 2.45) is 0 Å². The van der Waals surface area contributed by atoms with E-state index in [9.17, 15) is 4.79 Å². The summed E-state index contributed by atoms with van der Waals surface area (Å²) in [5.74, 6) is -0.0891. The van der Waals surface area contributed by atoms with Crippen molar-refractivity contribution in [1.29, 1.82) is 0 Å². The van der Waals surface area contributed by atoms with Crippen LogP contribution in [0.1, 0.15) is 35.3 Å². The average Bonchev–Trinajstić information content (AvgIpc) is 2.94. The second-order valence-electron chi connectivity index (χ2n) is 4.42. The molecule has 2 aromatic heterocycles. The van der Waals surface area contributed by atoms with Crippen molar-refractivity contribution in [3.8, 4) is 0 Å². The quantitative estimate of drug-likeness (QED) is 0.891. The molecule has 0 saturated heterocycles. The summed E-state index contributed by atoms with van der Waals surface area (Å²) >= 11 is 1.63. The predicted octanol–water partition coefficient (Wildman–Crippen LogP) is 2.64. The second kappa shape index (κ2) is 5.27. The van der Waals surface area contributed by atoms with Gasteiger partial charge in [0.05, 0.1) is 12.2 Å². The fourth-order valence-corrected chi connectivity index (χ4v) is 2.43. The standard InChI is InChI=1S/C13H17N3OS/c1-9(2)16-8-10(14)6-12(16)13(17)15-7-11-4-3-5-18-11/h3-6,8-9H,7,14H2,1-2H3,(H,15,17). The molecule has 96 valence electrons. The van der Waals surface area contributed by atoms with Crippen LogP contribution in [-0.4, -0.2) is 10.5 Å². The van der Waals surface area contributed by atoms with E-state index in [2.05, 4.69) is 5.32 Å². The molecule has 0 spiro atoms. The molecule has 0 unspecified atom stereocenters. The van der Waals surface area contributed by atoms with Gasteiger partial charge in [-0.1, -0.05) is 6.07 Å². The minimum absolute atomic E-state index is 0.0891. The number of carbonyl (C=O) groups excluding carboxylic acids is 1. The van der Waals surface area contributed by atoms with E-state index < -0.39 is 0 Å². The van der Waals surface area contributed by atoms with Gasteiger partial charge >= 0.3 is 0 Å². The molecule has 0 fully saturated rings. The highest BCUT2D eigenvalue weighted by Gasteiger charge is 2.14. The number of nitrogens with two attached hydrogens (primary N) is 1. The van der Waals surface area contributed by atoms with Gasteiger partial charge in [0.2, 0.25) is 0 Å². The number of amides is 1. The molecule has 0 aliphatic rings. The molecule has 0 bridgehead atoms. The van der Waals surface area contributed by atoms with Crippen molar-refractivity contribution in [2.75, 3.05) is 5.73 Å². The number of hydrogen-bond donors (Lipinski definition) is 2. The Labute approximate surface area is 110 Å². The highest BCUT2D eigenvalue weighted by Crippen LogP contribution is 2.16. The normalized spacial score (nSPS) is 10.8. The first-order chi connectivity index (χ1) is 8.58. The summed E-state index contributed by atoms with van der Waals surface area (Å²) in [6, 6.07) is 5.90. The van der Waals surface area contributed by atoms with Gasteiger partial charge in [0.15, 0.2) is 0 Å². The molecule has 0 aliphatic carbocycles. The fraction of sp³-hybridized carbons (Fsp3) is 0.308. The maximum atomic E-state index is 12.1. The van der Waals surface area contributed by atoms with Gasteiger partial charge in [-0.15, -0.1) is 11.3 Å². The molecule has 18 heavy (non-hydrogen) atoms. The van der Waals surface area contributed by atoms with Crippen LogP contribution in [0.5, 0.6) is 0 Å². The number of aromatic nitrogens is 1. The zero-order chi connectivity index (χ0) is 13.1. The molecule has 2 rings (SSSR count). The third kappa shape index (κ3) is 2.73. The van der Waals surface area contributed by atoms with E-state index in [4.69, 9.17) is 5.73 Å². The molecule has 1 amide bonds. The van der Waals surface area contributed by atoms with Gasteiger partial charge in [-0.05, 0) is 31.4 Å². The van der Waals surface area contributed by atoms with E-state index in [0.29, 0.717) is 17.9 Å². The van der Waals surface area contributed by atoms with Gasteiger partial charge in [-0.25, -0.2) is 0 Å². The fourth-order valence-electron chi connectivity index (χ4n) is 1.78. The topological polar surface area (TPSA) is 60.0 Å². The van der Waals surface area contributed by atoms with Gasteiger partial charge < -0.3 is 15.6 Å². The van der Waals surface area contributed by atoms with Gasteiger partial charge in [-0.3, -0.25) is 4.79 Å². The van der Waals surface area contributed by atoms with Crippen LogP contribution < -0.4 is 11.1 Å². The Morgan fingerprint density at radius 3 is 2.94 bits per heavy atom. The smallest absolute Gasteiger partial charge is 0.268 e. The van der Waals surface area contributed by atoms with Crippen LogP contribution in [0, 0.1) is 0 Å². The van der Waals surface area contributed by atoms with Crippen molar-refractivity contribution in [1.82, 2.24) is 9.88 Å². The van der Waals surface area contributed by atoms with E-state index in [-0.39, 0.29) is 11.9 Å². The van der Waals surface area contributed by atoms with Crippen LogP contribution in [0.3, 0.4) is 0 Å². The van der Waals surface area contributed by atoms with Crippen LogP contribution in [0.25, 0.3) is 0 Å². The molecule has 5 heteroatoms. The molecule has 4 nitrogen and oxygen atoms in total. The zero-order valence-electron chi connectivity index (χ0n) is 10.5. The lowest BCUT2D eigenvalue weighted by Crippen LogP contribution is -2.25. The molecule has 0 radical (unpaired) electrons. The maximum absolute atomic E-state index is 12.1. The Hall–Kier alpha value is -1.75. The van der Waals surface area contributed by atoms with Crippen molar-refractivity contribution in [3.05, 3.63) is 40.3 Å². The molecule has 2 aromatic rings. The van der Waals surface area contributed by atoms with Crippen LogP contribution in [0.15, 0.2) is 29.8 Å². The Morgan fingerprint density at radius 2 is 2.33 bits per heavy atom. The van der Waals surface area contributed by atoms with E-state index >= 15 is 0 Å². The van der Waals surface area contributed by atoms with Crippen LogP contribution >= 0.6 is 11.3 Å². The van der Waals surface area contributed by atoms with E-state index in [1.54, 1.807) is 23.6 Å². The van der Waals surface area contributed by atoms with Crippen LogP contribution in [0.4, 0.5) is 5.69 Å². The summed E-state index contributed by atoms with van der Waals surface area (Å²) in [6.45, 7) is 4.60. The molecule has 2 heterocycles. The lowest BCUT2D eigenvalue weighted by Gasteiger charge is -2.12. The molecule has 0 aromatic carbocycles. The number of rotatable bonds is 4. The molecule has 0 saturated carbocycles. The summed E-state index contributed by atoms with van der Waals surface area (Å²) in [7, 11) is 0. The number of hydrogen-bond acceptors (Lipinski definition) is 3. The summed E-state index contributed by atoms with van der Waals surface area (Å²) in [6.07, 6.45) is 1.80. The summed E-state index contributed by atoms with van der Waals surface area (Å²) in [4.78, 5) is 13.2. The van der Waals surface area contributed by atoms with Crippen molar-refractivity contribution < 1.29 is 4.79 Å². The Bertz CT molecular complexity index is 528. The third-order valence-electron chi connectivity index (χ3n) is 2.66. The molecule has 3 N–H and O–H groups in total. The maximum Gasteiger partial charge on any atom is 0.268 e.